The van der Waals surface area contributed by atoms with Gasteiger partial charge in [0.05, 0.1) is 22.5 Å². The van der Waals surface area contributed by atoms with Crippen LogP contribution in [0.5, 0.6) is 5.75 Å². The molecule has 0 radical (unpaired) electrons. The highest BCUT2D eigenvalue weighted by Gasteiger charge is 2.37. The van der Waals surface area contributed by atoms with Crippen molar-refractivity contribution in [1.29, 1.82) is 0 Å². The van der Waals surface area contributed by atoms with E-state index in [0.717, 1.165) is 6.42 Å². The third kappa shape index (κ3) is 5.55. The number of sulfonamides is 1. The minimum atomic E-state index is -3.84. The number of fused-ring (bicyclic) bond motifs is 1. The highest BCUT2D eigenvalue weighted by atomic mass is 32.2. The summed E-state index contributed by atoms with van der Waals surface area (Å²) in [5.41, 5.74) is 0.299. The molecule has 0 spiro atoms. The Kier molecular flexibility index (Phi) is 6.59. The molecular weight excluding hydrogens is 419 g/mol. The van der Waals surface area contributed by atoms with Crippen molar-refractivity contribution in [3.05, 3.63) is 53.8 Å². The number of carbonyl (C=O) groups is 1. The molecule has 0 saturated carbocycles. The van der Waals surface area contributed by atoms with Crippen molar-refractivity contribution in [1.82, 2.24) is 0 Å². The third-order valence-corrected chi connectivity index (χ3v) is 6.41. The van der Waals surface area contributed by atoms with Gasteiger partial charge in [0.15, 0.2) is 0 Å². The summed E-state index contributed by atoms with van der Waals surface area (Å²) in [5, 5.41) is 0. The zero-order valence-electron chi connectivity index (χ0n) is 18.3. The maximum Gasteiger partial charge on any atom is 0.237 e. The van der Waals surface area contributed by atoms with Crippen LogP contribution in [0.2, 0.25) is 0 Å². The highest BCUT2D eigenvalue weighted by Crippen LogP contribution is 2.38. The van der Waals surface area contributed by atoms with E-state index >= 15 is 0 Å². The first kappa shape index (κ1) is 23.1. The number of benzene rings is 2. The maximum absolute atomic E-state index is 13.9. The third-order valence-electron chi connectivity index (χ3n) is 5.17. The number of rotatable bonds is 7. The van der Waals surface area contributed by atoms with Crippen LogP contribution in [-0.4, -0.2) is 27.5 Å². The maximum atomic E-state index is 13.9. The lowest BCUT2D eigenvalue weighted by Gasteiger charge is -2.28. The first-order valence-corrected chi connectivity index (χ1v) is 12.0. The molecule has 0 aliphatic carbocycles. The number of hydrogen-bond donors (Lipinski definition) is 1. The Hall–Kier alpha value is -2.61. The van der Waals surface area contributed by atoms with Crippen molar-refractivity contribution < 1.29 is 22.3 Å². The van der Waals surface area contributed by atoms with E-state index in [1.165, 1.54) is 18.2 Å². The molecule has 1 aliphatic heterocycles. The normalized spacial score (nSPS) is 15.9. The topological polar surface area (TPSA) is 75.7 Å². The van der Waals surface area contributed by atoms with Crippen LogP contribution in [0.25, 0.3) is 0 Å². The number of amides is 1. The molecule has 3 rings (SSSR count). The van der Waals surface area contributed by atoms with Gasteiger partial charge in [-0.3, -0.25) is 9.52 Å². The molecule has 168 valence electrons. The average Bonchev–Trinajstić information content (AvgIpc) is 2.77. The van der Waals surface area contributed by atoms with Crippen molar-refractivity contribution in [3.63, 3.8) is 0 Å². The van der Waals surface area contributed by atoms with Crippen molar-refractivity contribution in [3.8, 4) is 5.75 Å². The van der Waals surface area contributed by atoms with Crippen LogP contribution >= 0.6 is 0 Å². The molecule has 2 aromatic rings. The van der Waals surface area contributed by atoms with Gasteiger partial charge in [0.1, 0.15) is 18.2 Å². The number of halogens is 1. The summed E-state index contributed by atoms with van der Waals surface area (Å²) in [4.78, 5) is 14.8. The quantitative estimate of drug-likeness (QED) is 0.674. The van der Waals surface area contributed by atoms with Gasteiger partial charge in [0.25, 0.3) is 0 Å². The molecule has 1 heterocycles. The lowest BCUT2D eigenvalue weighted by atomic mass is 9.92. The van der Waals surface area contributed by atoms with Crippen molar-refractivity contribution in [2.75, 3.05) is 22.8 Å². The van der Waals surface area contributed by atoms with Gasteiger partial charge >= 0.3 is 0 Å². The second-order valence-corrected chi connectivity index (χ2v) is 10.7. The lowest BCUT2D eigenvalue weighted by molar-refractivity contribution is -0.127. The molecule has 0 fully saturated rings. The Morgan fingerprint density at radius 2 is 1.90 bits per heavy atom. The van der Waals surface area contributed by atoms with Gasteiger partial charge in [-0.25, -0.2) is 12.8 Å². The second-order valence-electron chi connectivity index (χ2n) is 8.95. The van der Waals surface area contributed by atoms with Crippen LogP contribution in [-0.2, 0) is 20.6 Å². The average molecular weight is 449 g/mol. The predicted molar refractivity (Wildman–Crippen MR) is 120 cm³/mol. The van der Waals surface area contributed by atoms with Crippen LogP contribution in [0.1, 0.15) is 39.7 Å². The molecular formula is C23H29FN2O4S. The van der Waals surface area contributed by atoms with Crippen molar-refractivity contribution in [2.24, 2.45) is 11.3 Å². The Morgan fingerprint density at radius 1 is 1.19 bits per heavy atom. The van der Waals surface area contributed by atoms with Crippen LogP contribution < -0.4 is 14.4 Å². The van der Waals surface area contributed by atoms with Crippen molar-refractivity contribution in [2.45, 2.75) is 39.9 Å². The fourth-order valence-electron chi connectivity index (χ4n) is 3.36. The van der Waals surface area contributed by atoms with E-state index in [1.807, 2.05) is 13.8 Å². The molecule has 0 bridgehead atoms. The first-order chi connectivity index (χ1) is 14.5. The minimum Gasteiger partial charge on any atom is -0.490 e. The van der Waals surface area contributed by atoms with Gasteiger partial charge in [-0.2, -0.15) is 0 Å². The molecule has 1 aliphatic rings. The van der Waals surface area contributed by atoms with Crippen LogP contribution in [0.4, 0.5) is 15.8 Å². The minimum absolute atomic E-state index is 0.0280. The SMILES string of the molecule is CC(C)CCN1C(=O)C(C)(C)COc2cc(NS(=O)(=O)Cc3ccccc3F)ccc21. The van der Waals surface area contributed by atoms with Gasteiger partial charge in [-0.1, -0.05) is 32.0 Å². The van der Waals surface area contributed by atoms with E-state index in [1.54, 1.807) is 29.2 Å². The number of nitrogens with zero attached hydrogens (tertiary/aromatic N) is 1. The number of nitrogens with one attached hydrogen (secondary N) is 1. The van der Waals surface area contributed by atoms with E-state index in [0.29, 0.717) is 29.6 Å². The summed E-state index contributed by atoms with van der Waals surface area (Å²) in [6.07, 6.45) is 0.832. The zero-order valence-corrected chi connectivity index (χ0v) is 19.1. The van der Waals surface area contributed by atoms with Gasteiger partial charge in [-0.15, -0.1) is 0 Å². The summed E-state index contributed by atoms with van der Waals surface area (Å²) in [7, 11) is -3.84. The van der Waals surface area contributed by atoms with Crippen LogP contribution in [0, 0.1) is 17.2 Å². The van der Waals surface area contributed by atoms with Crippen LogP contribution in [0.3, 0.4) is 0 Å². The Bertz CT molecular complexity index is 1070. The molecule has 0 saturated heterocycles. The Balaban J connectivity index is 1.87. The van der Waals surface area contributed by atoms with E-state index in [9.17, 15) is 17.6 Å². The molecule has 31 heavy (non-hydrogen) atoms. The van der Waals surface area contributed by atoms with Crippen LogP contribution in [0.15, 0.2) is 42.5 Å². The number of ether oxygens (including phenoxy) is 1. The largest absolute Gasteiger partial charge is 0.490 e. The predicted octanol–water partition coefficient (Wildman–Crippen LogP) is 4.57. The van der Waals surface area contributed by atoms with E-state index in [-0.39, 0.29) is 18.1 Å². The summed E-state index contributed by atoms with van der Waals surface area (Å²) < 4.78 is 47.4. The number of hydrogen-bond acceptors (Lipinski definition) is 4. The molecule has 0 atom stereocenters. The van der Waals surface area contributed by atoms with E-state index in [2.05, 4.69) is 18.6 Å². The summed E-state index contributed by atoms with van der Waals surface area (Å²) in [6, 6.07) is 10.6. The molecule has 0 unspecified atom stereocenters. The number of anilines is 2. The second kappa shape index (κ2) is 8.86. The fraction of sp³-hybridized carbons (Fsp3) is 0.435. The first-order valence-electron chi connectivity index (χ1n) is 10.3. The zero-order chi connectivity index (χ0) is 22.8. The Labute approximate surface area is 183 Å². The molecule has 2 aromatic carbocycles. The summed E-state index contributed by atoms with van der Waals surface area (Å²) in [5.74, 6) is -0.217. The summed E-state index contributed by atoms with van der Waals surface area (Å²) in [6.45, 7) is 8.59. The highest BCUT2D eigenvalue weighted by molar-refractivity contribution is 7.91. The summed E-state index contributed by atoms with van der Waals surface area (Å²) >= 11 is 0. The standard InChI is InChI=1S/C23H29FN2O4S/c1-16(2)11-12-26-20-10-9-18(13-21(20)30-15-23(3,4)22(26)27)25-31(28,29)14-17-7-5-6-8-19(17)24/h5-10,13,16,25H,11-12,14-15H2,1-4H3. The molecule has 1 N–H and O–H groups in total. The Morgan fingerprint density at radius 3 is 2.58 bits per heavy atom. The smallest absolute Gasteiger partial charge is 0.237 e. The number of carbonyl (C=O) groups excluding carboxylic acids is 1. The molecule has 0 aromatic heterocycles. The lowest BCUT2D eigenvalue weighted by Crippen LogP contribution is -2.42. The van der Waals surface area contributed by atoms with E-state index < -0.39 is 27.0 Å². The van der Waals surface area contributed by atoms with Gasteiger partial charge in [-0.05, 0) is 44.4 Å². The van der Waals surface area contributed by atoms with Gasteiger partial charge in [0.2, 0.25) is 15.9 Å². The van der Waals surface area contributed by atoms with Gasteiger partial charge in [0, 0.05) is 18.2 Å². The van der Waals surface area contributed by atoms with E-state index in [4.69, 9.17) is 4.74 Å². The molecule has 8 heteroatoms. The molecule has 1 amide bonds. The van der Waals surface area contributed by atoms with Crippen molar-refractivity contribution >= 4 is 27.3 Å². The van der Waals surface area contributed by atoms with Gasteiger partial charge < -0.3 is 9.64 Å². The molecule has 6 nitrogen and oxygen atoms in total. The fourth-order valence-corrected chi connectivity index (χ4v) is 4.56. The monoisotopic (exact) mass is 448 g/mol.